The van der Waals surface area contributed by atoms with Crippen LogP contribution in [0.2, 0.25) is 5.02 Å². The maximum absolute atomic E-state index is 12.1. The summed E-state index contributed by atoms with van der Waals surface area (Å²) in [6.45, 7) is 2.87. The number of carbonyl (C=O) groups is 1. The first-order valence-corrected chi connectivity index (χ1v) is 10.3. The second-order valence-electron chi connectivity index (χ2n) is 6.14. The average Bonchev–Trinajstić information content (AvgIpc) is 3.17. The Bertz CT molecular complexity index is 934. The van der Waals surface area contributed by atoms with Crippen LogP contribution in [-0.4, -0.2) is 17.5 Å². The molecule has 3 aromatic rings. The summed E-state index contributed by atoms with van der Waals surface area (Å²) in [7, 11) is 0. The van der Waals surface area contributed by atoms with Gasteiger partial charge >= 0.3 is 0 Å². The number of carbonyl (C=O) groups excluding carboxylic acids is 1. The third-order valence-electron chi connectivity index (χ3n) is 3.95. The van der Waals surface area contributed by atoms with Crippen molar-refractivity contribution in [2.45, 2.75) is 19.8 Å². The quantitative estimate of drug-likeness (QED) is 0.349. The average molecular weight is 413 g/mol. The number of ether oxygens (including phenoxy) is 1. The lowest BCUT2D eigenvalue weighted by Gasteiger charge is -2.05. The topological polar surface area (TPSA) is 51.2 Å². The predicted octanol–water partition coefficient (Wildman–Crippen LogP) is 6.29. The van der Waals surface area contributed by atoms with E-state index in [0.29, 0.717) is 10.2 Å². The van der Waals surface area contributed by atoms with Gasteiger partial charge in [0, 0.05) is 22.0 Å². The first-order chi connectivity index (χ1) is 13.6. The monoisotopic (exact) mass is 412 g/mol. The lowest BCUT2D eigenvalue weighted by Crippen LogP contribution is -2.07. The molecular weight excluding hydrogens is 392 g/mol. The van der Waals surface area contributed by atoms with Crippen molar-refractivity contribution in [2.75, 3.05) is 11.9 Å². The van der Waals surface area contributed by atoms with Crippen LogP contribution in [0.15, 0.2) is 60.0 Å². The molecule has 0 aliphatic carbocycles. The zero-order valence-corrected chi connectivity index (χ0v) is 17.1. The molecule has 0 unspecified atom stereocenters. The number of anilines is 1. The first-order valence-electron chi connectivity index (χ1n) is 9.07. The summed E-state index contributed by atoms with van der Waals surface area (Å²) in [5.41, 5.74) is 2.71. The zero-order chi connectivity index (χ0) is 19.8. The zero-order valence-electron chi connectivity index (χ0n) is 15.5. The third-order valence-corrected chi connectivity index (χ3v) is 4.96. The van der Waals surface area contributed by atoms with Crippen LogP contribution in [0.4, 0.5) is 5.13 Å². The van der Waals surface area contributed by atoms with Gasteiger partial charge in [-0.2, -0.15) is 0 Å². The Balaban J connectivity index is 1.57. The maximum Gasteiger partial charge on any atom is 0.250 e. The Morgan fingerprint density at radius 2 is 1.93 bits per heavy atom. The smallest absolute Gasteiger partial charge is 0.250 e. The number of rotatable bonds is 8. The lowest BCUT2D eigenvalue weighted by molar-refractivity contribution is -0.111. The number of nitrogens with one attached hydrogen (secondary N) is 1. The number of thiazole rings is 1. The summed E-state index contributed by atoms with van der Waals surface area (Å²) in [6, 6.07) is 15.1. The van der Waals surface area contributed by atoms with Crippen LogP contribution in [0.5, 0.6) is 5.75 Å². The molecule has 0 aliphatic rings. The largest absolute Gasteiger partial charge is 0.494 e. The number of unbranched alkanes of at least 4 members (excludes halogenated alkanes) is 1. The summed E-state index contributed by atoms with van der Waals surface area (Å²) in [6.07, 6.45) is 5.37. The van der Waals surface area contributed by atoms with Gasteiger partial charge in [0.1, 0.15) is 5.75 Å². The Morgan fingerprint density at radius 1 is 1.18 bits per heavy atom. The van der Waals surface area contributed by atoms with E-state index in [9.17, 15) is 4.79 Å². The van der Waals surface area contributed by atoms with Gasteiger partial charge in [-0.3, -0.25) is 10.1 Å². The second kappa shape index (κ2) is 10.1. The summed E-state index contributed by atoms with van der Waals surface area (Å²) >= 11 is 7.25. The van der Waals surface area contributed by atoms with Crippen molar-refractivity contribution in [1.29, 1.82) is 0 Å². The van der Waals surface area contributed by atoms with E-state index in [1.54, 1.807) is 18.2 Å². The molecule has 0 spiro atoms. The van der Waals surface area contributed by atoms with Crippen molar-refractivity contribution in [1.82, 2.24) is 4.98 Å². The molecule has 0 saturated carbocycles. The van der Waals surface area contributed by atoms with Gasteiger partial charge in [0.05, 0.1) is 12.3 Å². The molecule has 28 heavy (non-hydrogen) atoms. The van der Waals surface area contributed by atoms with Crippen molar-refractivity contribution >= 4 is 40.1 Å². The highest BCUT2D eigenvalue weighted by atomic mass is 35.5. The summed E-state index contributed by atoms with van der Waals surface area (Å²) in [5, 5.41) is 5.94. The highest BCUT2D eigenvalue weighted by molar-refractivity contribution is 7.14. The molecule has 3 rings (SSSR count). The van der Waals surface area contributed by atoms with Crippen LogP contribution in [0, 0.1) is 0 Å². The molecule has 0 fully saturated rings. The molecule has 1 aromatic heterocycles. The van der Waals surface area contributed by atoms with E-state index in [1.165, 1.54) is 17.4 Å². The van der Waals surface area contributed by atoms with E-state index in [1.807, 2.05) is 41.8 Å². The van der Waals surface area contributed by atoms with Crippen molar-refractivity contribution in [3.63, 3.8) is 0 Å². The normalized spacial score (nSPS) is 10.9. The van der Waals surface area contributed by atoms with Gasteiger partial charge in [-0.1, -0.05) is 37.1 Å². The van der Waals surface area contributed by atoms with Crippen LogP contribution in [0.1, 0.15) is 25.3 Å². The van der Waals surface area contributed by atoms with E-state index in [-0.39, 0.29) is 5.91 Å². The summed E-state index contributed by atoms with van der Waals surface area (Å²) in [4.78, 5) is 16.6. The highest BCUT2D eigenvalue weighted by Gasteiger charge is 2.07. The van der Waals surface area contributed by atoms with Crippen molar-refractivity contribution in [3.05, 3.63) is 70.6 Å². The SMILES string of the molecule is CCCCOc1ccc(-c2csc(NC(=O)/C=C/c3ccc(Cl)cc3)n2)cc1. The first kappa shape index (κ1) is 20.1. The summed E-state index contributed by atoms with van der Waals surface area (Å²) < 4.78 is 5.68. The summed E-state index contributed by atoms with van der Waals surface area (Å²) in [5.74, 6) is 0.629. The van der Waals surface area contributed by atoms with Crippen LogP contribution < -0.4 is 10.1 Å². The molecule has 4 nitrogen and oxygen atoms in total. The molecule has 0 atom stereocenters. The molecule has 1 heterocycles. The number of hydrogen-bond acceptors (Lipinski definition) is 4. The fourth-order valence-electron chi connectivity index (χ4n) is 2.41. The fourth-order valence-corrected chi connectivity index (χ4v) is 3.26. The minimum absolute atomic E-state index is 0.226. The van der Waals surface area contributed by atoms with Gasteiger partial charge in [0.2, 0.25) is 5.91 Å². The predicted molar refractivity (Wildman–Crippen MR) is 117 cm³/mol. The van der Waals surface area contributed by atoms with E-state index >= 15 is 0 Å². The van der Waals surface area contributed by atoms with Gasteiger partial charge < -0.3 is 4.74 Å². The number of benzene rings is 2. The molecule has 0 saturated heterocycles. The Kier molecular flexibility index (Phi) is 7.23. The number of halogens is 1. The van der Waals surface area contributed by atoms with E-state index in [4.69, 9.17) is 16.3 Å². The van der Waals surface area contributed by atoms with Crippen molar-refractivity contribution in [2.24, 2.45) is 0 Å². The number of amides is 1. The third kappa shape index (κ3) is 5.94. The molecule has 144 valence electrons. The van der Waals surface area contributed by atoms with Gasteiger partial charge in [-0.15, -0.1) is 11.3 Å². The van der Waals surface area contributed by atoms with E-state index in [0.717, 1.165) is 42.0 Å². The van der Waals surface area contributed by atoms with Crippen molar-refractivity contribution < 1.29 is 9.53 Å². The Labute approximate surface area is 173 Å². The molecular formula is C22H21ClN2O2S. The number of aromatic nitrogens is 1. The van der Waals surface area contributed by atoms with Crippen molar-refractivity contribution in [3.8, 4) is 17.0 Å². The van der Waals surface area contributed by atoms with Gasteiger partial charge in [-0.25, -0.2) is 4.98 Å². The number of hydrogen-bond donors (Lipinski definition) is 1. The van der Waals surface area contributed by atoms with Gasteiger partial charge in [0.15, 0.2) is 5.13 Å². The molecule has 1 N–H and O–H groups in total. The molecule has 2 aromatic carbocycles. The molecule has 0 bridgehead atoms. The molecule has 0 radical (unpaired) electrons. The standard InChI is InChI=1S/C22H21ClN2O2S/c1-2-3-14-27-19-11-7-17(8-12-19)20-15-28-22(24-20)25-21(26)13-6-16-4-9-18(23)10-5-16/h4-13,15H,2-3,14H2,1H3,(H,24,25,26)/b13-6+. The fraction of sp³-hybridized carbons (Fsp3) is 0.182. The van der Waals surface area contributed by atoms with Crippen LogP contribution >= 0.6 is 22.9 Å². The minimum atomic E-state index is -0.226. The Morgan fingerprint density at radius 3 is 2.64 bits per heavy atom. The van der Waals surface area contributed by atoms with E-state index in [2.05, 4.69) is 17.2 Å². The minimum Gasteiger partial charge on any atom is -0.494 e. The van der Waals surface area contributed by atoms with Crippen LogP contribution in [0.3, 0.4) is 0 Å². The molecule has 0 aliphatic heterocycles. The van der Waals surface area contributed by atoms with Crippen LogP contribution in [-0.2, 0) is 4.79 Å². The lowest BCUT2D eigenvalue weighted by atomic mass is 10.2. The molecule has 1 amide bonds. The van der Waals surface area contributed by atoms with Gasteiger partial charge in [0.25, 0.3) is 0 Å². The van der Waals surface area contributed by atoms with Crippen LogP contribution in [0.25, 0.3) is 17.3 Å². The maximum atomic E-state index is 12.1. The molecule has 6 heteroatoms. The van der Waals surface area contributed by atoms with E-state index < -0.39 is 0 Å². The highest BCUT2D eigenvalue weighted by Crippen LogP contribution is 2.26. The van der Waals surface area contributed by atoms with Gasteiger partial charge in [-0.05, 0) is 54.5 Å². The Hall–Kier alpha value is -2.63. The number of nitrogens with zero attached hydrogens (tertiary/aromatic N) is 1. The second-order valence-corrected chi connectivity index (χ2v) is 7.43.